The number of benzene rings is 3. The number of nitro groups is 1. The number of primary amides is 1. The minimum atomic E-state index is -0.990. The van der Waals surface area contributed by atoms with Crippen LogP contribution in [-0.4, -0.2) is 22.8 Å². The van der Waals surface area contributed by atoms with E-state index in [-0.39, 0.29) is 17.7 Å². The Balaban J connectivity index is 1.67. The van der Waals surface area contributed by atoms with Gasteiger partial charge in [0, 0.05) is 24.1 Å². The Morgan fingerprint density at radius 3 is 2.39 bits per heavy atom. The van der Waals surface area contributed by atoms with Crippen LogP contribution in [0.5, 0.6) is 5.75 Å². The van der Waals surface area contributed by atoms with Crippen LogP contribution in [0.1, 0.15) is 21.5 Å². The molecule has 0 heterocycles. The quantitative estimate of drug-likeness (QED) is 0.407. The highest BCUT2D eigenvalue weighted by Gasteiger charge is 2.21. The minimum Gasteiger partial charge on any atom is -0.489 e. The number of carbonyl (C=O) groups excluding carboxylic acids is 2. The van der Waals surface area contributed by atoms with Crippen LogP contribution < -0.4 is 15.8 Å². The maximum atomic E-state index is 12.5. The summed E-state index contributed by atoms with van der Waals surface area (Å²) in [5.74, 6) is -0.715. The standard InChI is InChI=1S/C23H21N3O5/c24-22(27)21(25-23(28)18-9-5-10-19(14-18)26(29)30)13-17-8-4-11-20(12-17)31-15-16-6-2-1-3-7-16/h1-12,14,21H,13,15H2,(H2,24,27)(H,25,28)/t21-/m1/s1. The van der Waals surface area contributed by atoms with E-state index in [1.165, 1.54) is 18.2 Å². The van der Waals surface area contributed by atoms with E-state index in [4.69, 9.17) is 10.5 Å². The normalized spacial score (nSPS) is 11.4. The molecule has 0 aliphatic carbocycles. The summed E-state index contributed by atoms with van der Waals surface area (Å²) in [5, 5.41) is 13.5. The number of ether oxygens (including phenoxy) is 1. The Labute approximate surface area is 178 Å². The number of nitro benzene ring substituents is 1. The lowest BCUT2D eigenvalue weighted by molar-refractivity contribution is -0.384. The lowest BCUT2D eigenvalue weighted by Gasteiger charge is -2.16. The number of hydrogen-bond donors (Lipinski definition) is 2. The predicted octanol–water partition coefficient (Wildman–Crippen LogP) is 3.00. The summed E-state index contributed by atoms with van der Waals surface area (Å²) in [5.41, 5.74) is 7.09. The molecule has 8 heteroatoms. The third-order valence-electron chi connectivity index (χ3n) is 4.55. The highest BCUT2D eigenvalue weighted by atomic mass is 16.6. The lowest BCUT2D eigenvalue weighted by Crippen LogP contribution is -2.45. The van der Waals surface area contributed by atoms with Crippen LogP contribution in [0.4, 0.5) is 5.69 Å². The minimum absolute atomic E-state index is 0.0698. The van der Waals surface area contributed by atoms with Crippen LogP contribution in [-0.2, 0) is 17.8 Å². The number of non-ortho nitro benzene ring substituents is 1. The van der Waals surface area contributed by atoms with Gasteiger partial charge in [-0.25, -0.2) is 0 Å². The van der Waals surface area contributed by atoms with E-state index >= 15 is 0 Å². The fourth-order valence-corrected chi connectivity index (χ4v) is 2.96. The van der Waals surface area contributed by atoms with E-state index < -0.39 is 22.8 Å². The van der Waals surface area contributed by atoms with Gasteiger partial charge >= 0.3 is 0 Å². The number of hydrogen-bond acceptors (Lipinski definition) is 5. The van der Waals surface area contributed by atoms with Crippen LogP contribution in [0.2, 0.25) is 0 Å². The predicted molar refractivity (Wildman–Crippen MR) is 114 cm³/mol. The molecule has 31 heavy (non-hydrogen) atoms. The summed E-state index contributed by atoms with van der Waals surface area (Å²) in [4.78, 5) is 34.7. The van der Waals surface area contributed by atoms with E-state index in [2.05, 4.69) is 5.32 Å². The number of nitrogens with one attached hydrogen (secondary N) is 1. The van der Waals surface area contributed by atoms with E-state index in [9.17, 15) is 19.7 Å². The Hall–Kier alpha value is -4.20. The molecular formula is C23H21N3O5. The molecule has 0 saturated heterocycles. The fourth-order valence-electron chi connectivity index (χ4n) is 2.96. The third-order valence-corrected chi connectivity index (χ3v) is 4.55. The molecular weight excluding hydrogens is 398 g/mol. The fraction of sp³-hybridized carbons (Fsp3) is 0.130. The van der Waals surface area contributed by atoms with Crippen molar-refractivity contribution in [2.24, 2.45) is 5.73 Å². The molecule has 0 saturated carbocycles. The number of amides is 2. The molecule has 2 amide bonds. The van der Waals surface area contributed by atoms with Crippen LogP contribution in [0.3, 0.4) is 0 Å². The zero-order valence-corrected chi connectivity index (χ0v) is 16.6. The summed E-state index contributed by atoms with van der Waals surface area (Å²) in [6.07, 6.45) is 0.151. The Morgan fingerprint density at radius 2 is 1.68 bits per heavy atom. The molecule has 3 aromatic rings. The maximum absolute atomic E-state index is 12.5. The molecule has 1 atom stereocenters. The van der Waals surface area contributed by atoms with Gasteiger partial charge in [0.2, 0.25) is 5.91 Å². The van der Waals surface area contributed by atoms with Gasteiger partial charge in [0.15, 0.2) is 0 Å². The van der Waals surface area contributed by atoms with E-state index in [0.717, 1.165) is 17.2 Å². The molecule has 3 rings (SSSR count). The van der Waals surface area contributed by atoms with Crippen molar-refractivity contribution in [2.75, 3.05) is 0 Å². The summed E-state index contributed by atoms with van der Waals surface area (Å²) in [7, 11) is 0. The Kier molecular flexibility index (Phi) is 6.95. The SMILES string of the molecule is NC(=O)[C@@H](Cc1cccc(OCc2ccccc2)c1)NC(=O)c1cccc([N+](=O)[O-])c1. The summed E-state index contributed by atoms with van der Waals surface area (Å²) in [6, 6.07) is 21.1. The number of carbonyl (C=O) groups is 2. The average molecular weight is 419 g/mol. The van der Waals surface area contributed by atoms with Crippen molar-refractivity contribution in [3.05, 3.63) is 106 Å². The van der Waals surface area contributed by atoms with Gasteiger partial charge in [-0.15, -0.1) is 0 Å². The molecule has 0 radical (unpaired) electrons. The van der Waals surface area contributed by atoms with E-state index in [1.54, 1.807) is 24.3 Å². The van der Waals surface area contributed by atoms with Crippen molar-refractivity contribution < 1.29 is 19.2 Å². The molecule has 158 valence electrons. The van der Waals surface area contributed by atoms with Gasteiger partial charge in [-0.3, -0.25) is 19.7 Å². The van der Waals surface area contributed by atoms with Crippen molar-refractivity contribution in [2.45, 2.75) is 19.1 Å². The summed E-state index contributed by atoms with van der Waals surface area (Å²) < 4.78 is 5.79. The molecule has 0 fully saturated rings. The van der Waals surface area contributed by atoms with Crippen molar-refractivity contribution in [3.63, 3.8) is 0 Å². The maximum Gasteiger partial charge on any atom is 0.270 e. The monoisotopic (exact) mass is 419 g/mol. The van der Waals surface area contributed by atoms with Crippen LogP contribution in [0.25, 0.3) is 0 Å². The Bertz CT molecular complexity index is 1090. The van der Waals surface area contributed by atoms with Gasteiger partial charge in [0.1, 0.15) is 18.4 Å². The molecule has 0 bridgehead atoms. The molecule has 0 unspecified atom stereocenters. The van der Waals surface area contributed by atoms with Gasteiger partial charge in [-0.1, -0.05) is 48.5 Å². The molecule has 0 spiro atoms. The molecule has 3 N–H and O–H groups in total. The zero-order chi connectivity index (χ0) is 22.2. The molecule has 0 aromatic heterocycles. The second kappa shape index (κ2) is 10.0. The molecule has 0 aliphatic rings. The van der Waals surface area contributed by atoms with Crippen LogP contribution in [0, 0.1) is 10.1 Å². The van der Waals surface area contributed by atoms with E-state index in [0.29, 0.717) is 12.4 Å². The first-order valence-electron chi connectivity index (χ1n) is 9.52. The molecule has 3 aromatic carbocycles. The average Bonchev–Trinajstić information content (AvgIpc) is 2.78. The number of nitrogens with two attached hydrogens (primary N) is 1. The molecule has 0 aliphatic heterocycles. The van der Waals surface area contributed by atoms with Gasteiger partial charge < -0.3 is 15.8 Å². The Morgan fingerprint density at radius 1 is 0.968 bits per heavy atom. The second-order valence-electron chi connectivity index (χ2n) is 6.86. The summed E-state index contributed by atoms with van der Waals surface area (Å²) >= 11 is 0. The molecule has 8 nitrogen and oxygen atoms in total. The highest BCUT2D eigenvalue weighted by Crippen LogP contribution is 2.17. The number of nitrogens with zero attached hydrogens (tertiary/aromatic N) is 1. The van der Waals surface area contributed by atoms with Crippen molar-refractivity contribution >= 4 is 17.5 Å². The van der Waals surface area contributed by atoms with Crippen molar-refractivity contribution in [1.82, 2.24) is 5.32 Å². The van der Waals surface area contributed by atoms with Gasteiger partial charge in [-0.05, 0) is 29.3 Å². The van der Waals surface area contributed by atoms with Crippen LogP contribution in [0.15, 0.2) is 78.9 Å². The highest BCUT2D eigenvalue weighted by molar-refractivity contribution is 5.97. The first kappa shape index (κ1) is 21.5. The zero-order valence-electron chi connectivity index (χ0n) is 16.6. The first-order chi connectivity index (χ1) is 14.9. The first-order valence-corrected chi connectivity index (χ1v) is 9.52. The van der Waals surface area contributed by atoms with Crippen LogP contribution >= 0.6 is 0 Å². The topological polar surface area (TPSA) is 125 Å². The summed E-state index contributed by atoms with van der Waals surface area (Å²) in [6.45, 7) is 0.396. The second-order valence-corrected chi connectivity index (χ2v) is 6.86. The number of rotatable bonds is 9. The van der Waals surface area contributed by atoms with Crippen molar-refractivity contribution in [3.8, 4) is 5.75 Å². The lowest BCUT2D eigenvalue weighted by atomic mass is 10.0. The third kappa shape index (κ3) is 6.14. The van der Waals surface area contributed by atoms with Gasteiger partial charge in [-0.2, -0.15) is 0 Å². The van der Waals surface area contributed by atoms with Gasteiger partial charge in [0.05, 0.1) is 4.92 Å². The largest absolute Gasteiger partial charge is 0.489 e. The van der Waals surface area contributed by atoms with E-state index in [1.807, 2.05) is 30.3 Å². The smallest absolute Gasteiger partial charge is 0.270 e. The van der Waals surface area contributed by atoms with Crippen molar-refractivity contribution in [1.29, 1.82) is 0 Å². The van der Waals surface area contributed by atoms with Gasteiger partial charge in [0.25, 0.3) is 11.6 Å².